The zero-order valence-corrected chi connectivity index (χ0v) is 13.9. The van der Waals surface area contributed by atoms with E-state index in [9.17, 15) is 14.3 Å². The maximum absolute atomic E-state index is 14.4. The molecule has 8 heteroatoms. The van der Waals surface area contributed by atoms with Gasteiger partial charge in [-0.05, 0) is 32.6 Å². The van der Waals surface area contributed by atoms with E-state index in [0.717, 1.165) is 30.7 Å². The first kappa shape index (κ1) is 18.0. The molecule has 24 heavy (non-hydrogen) atoms. The predicted molar refractivity (Wildman–Crippen MR) is 87.1 cm³/mol. The number of nitrogens with two attached hydrogens (primary N) is 2. The van der Waals surface area contributed by atoms with Crippen LogP contribution in [0.2, 0.25) is 0 Å². The van der Waals surface area contributed by atoms with E-state index in [2.05, 4.69) is 4.98 Å². The number of aromatic nitrogens is 1. The minimum Gasteiger partial charge on any atom is -0.488 e. The molecule has 1 aliphatic carbocycles. The molecule has 5 N–H and O–H groups in total. The summed E-state index contributed by atoms with van der Waals surface area (Å²) in [7, 11) is 1.31. The number of likely N-dealkylation sites (N-methyl/N-ethyl adjacent to an activating group) is 1. The fourth-order valence-corrected chi connectivity index (χ4v) is 2.80. The number of pyridine rings is 1. The largest absolute Gasteiger partial charge is 0.488 e. The smallest absolute Gasteiger partial charge is 0.355 e. The van der Waals surface area contributed by atoms with Crippen molar-refractivity contribution in [1.82, 2.24) is 9.99 Å². The lowest BCUT2D eigenvalue weighted by Crippen LogP contribution is -2.32. The molecule has 0 unspecified atom stereocenters. The molecule has 0 saturated heterocycles. The molecule has 0 radical (unpaired) electrons. The van der Waals surface area contributed by atoms with Gasteiger partial charge in [0.2, 0.25) is 0 Å². The van der Waals surface area contributed by atoms with Crippen molar-refractivity contribution < 1.29 is 19.0 Å². The third kappa shape index (κ3) is 3.94. The summed E-state index contributed by atoms with van der Waals surface area (Å²) in [4.78, 5) is 15.3. The molecule has 0 aromatic carbocycles. The fraction of sp³-hybridized carbons (Fsp3) is 0.500. The standard InChI is InChI=1S/C16H23FN4O3/c1-9-12(24-10-6-4-3-5-7-10)8-11(17)14(20-9)13(18)15(16(22)23)21(2)19/h8,10H,3-7,18-19H2,1-2H3,(H,22,23)/b15-13-. The second kappa shape index (κ2) is 7.48. The Morgan fingerprint density at radius 2 is 2.04 bits per heavy atom. The van der Waals surface area contributed by atoms with Crippen molar-refractivity contribution in [3.63, 3.8) is 0 Å². The first-order valence-electron chi connectivity index (χ1n) is 7.87. The SMILES string of the molecule is Cc1nc(/C(N)=C(\C(=O)O)N(C)N)c(F)cc1OC1CCCCC1. The minimum absolute atomic E-state index is 0.0575. The number of hydrogen-bond donors (Lipinski definition) is 3. The highest BCUT2D eigenvalue weighted by atomic mass is 19.1. The average molecular weight is 338 g/mol. The van der Waals surface area contributed by atoms with Crippen molar-refractivity contribution >= 4 is 11.7 Å². The second-order valence-corrected chi connectivity index (χ2v) is 5.96. The molecule has 0 aliphatic heterocycles. The molecular weight excluding hydrogens is 315 g/mol. The van der Waals surface area contributed by atoms with Gasteiger partial charge >= 0.3 is 5.97 Å². The number of halogens is 1. The number of ether oxygens (including phenoxy) is 1. The monoisotopic (exact) mass is 338 g/mol. The van der Waals surface area contributed by atoms with Gasteiger partial charge in [-0.1, -0.05) is 6.42 Å². The number of nitrogens with zero attached hydrogens (tertiary/aromatic N) is 2. The van der Waals surface area contributed by atoms with Crippen molar-refractivity contribution in [2.45, 2.75) is 45.1 Å². The molecule has 0 amide bonds. The Morgan fingerprint density at radius 1 is 1.42 bits per heavy atom. The third-order valence-corrected chi connectivity index (χ3v) is 4.03. The molecule has 1 heterocycles. The van der Waals surface area contributed by atoms with Gasteiger partial charge in [-0.25, -0.2) is 20.0 Å². The number of rotatable bonds is 5. The first-order valence-corrected chi connectivity index (χ1v) is 7.87. The highest BCUT2D eigenvalue weighted by Gasteiger charge is 2.23. The van der Waals surface area contributed by atoms with E-state index in [4.69, 9.17) is 16.3 Å². The molecule has 1 aromatic rings. The van der Waals surface area contributed by atoms with Crippen LogP contribution in [0.3, 0.4) is 0 Å². The van der Waals surface area contributed by atoms with Crippen LogP contribution in [0, 0.1) is 12.7 Å². The Kier molecular flexibility index (Phi) is 5.61. The molecule has 132 valence electrons. The van der Waals surface area contributed by atoms with Gasteiger partial charge in [0, 0.05) is 13.1 Å². The molecule has 7 nitrogen and oxygen atoms in total. The normalized spacial score (nSPS) is 16.5. The van der Waals surface area contributed by atoms with Crippen LogP contribution in [-0.4, -0.2) is 34.2 Å². The summed E-state index contributed by atoms with van der Waals surface area (Å²) in [6.07, 6.45) is 5.31. The fourth-order valence-electron chi connectivity index (χ4n) is 2.80. The van der Waals surface area contributed by atoms with E-state index in [1.807, 2.05) is 0 Å². The first-order chi connectivity index (χ1) is 11.3. The van der Waals surface area contributed by atoms with Gasteiger partial charge in [0.05, 0.1) is 17.5 Å². The molecule has 1 aromatic heterocycles. The van der Waals surface area contributed by atoms with E-state index >= 15 is 0 Å². The van der Waals surface area contributed by atoms with E-state index in [-0.39, 0.29) is 17.5 Å². The lowest BCUT2D eigenvalue weighted by Gasteiger charge is -2.24. The third-order valence-electron chi connectivity index (χ3n) is 4.03. The van der Waals surface area contributed by atoms with Gasteiger partial charge in [-0.2, -0.15) is 0 Å². The van der Waals surface area contributed by atoms with E-state index in [0.29, 0.717) is 11.4 Å². The summed E-state index contributed by atoms with van der Waals surface area (Å²) in [5, 5.41) is 9.99. The molecule has 0 spiro atoms. The van der Waals surface area contributed by atoms with Crippen molar-refractivity contribution in [2.75, 3.05) is 7.05 Å². The zero-order chi connectivity index (χ0) is 17.9. The molecule has 1 aliphatic rings. The van der Waals surface area contributed by atoms with Crippen LogP contribution in [0.25, 0.3) is 5.70 Å². The Hall–Kier alpha value is -2.35. The van der Waals surface area contributed by atoms with Crippen LogP contribution in [0.4, 0.5) is 4.39 Å². The lowest BCUT2D eigenvalue weighted by atomic mass is 9.98. The van der Waals surface area contributed by atoms with Gasteiger partial charge in [0.15, 0.2) is 11.5 Å². The van der Waals surface area contributed by atoms with Crippen LogP contribution in [-0.2, 0) is 4.79 Å². The predicted octanol–water partition coefficient (Wildman–Crippen LogP) is 1.76. The van der Waals surface area contributed by atoms with Crippen LogP contribution in [0.15, 0.2) is 11.8 Å². The molecular formula is C16H23FN4O3. The maximum Gasteiger partial charge on any atom is 0.355 e. The highest BCUT2D eigenvalue weighted by molar-refractivity contribution is 5.94. The van der Waals surface area contributed by atoms with Gasteiger partial charge in [-0.3, -0.25) is 0 Å². The Morgan fingerprint density at radius 3 is 2.58 bits per heavy atom. The molecule has 0 atom stereocenters. The van der Waals surface area contributed by atoms with Crippen LogP contribution >= 0.6 is 0 Å². The quantitative estimate of drug-likeness (QED) is 0.426. The van der Waals surface area contributed by atoms with E-state index in [1.165, 1.54) is 19.5 Å². The summed E-state index contributed by atoms with van der Waals surface area (Å²) in [6, 6.07) is 1.20. The number of aliphatic carboxylic acids is 1. The van der Waals surface area contributed by atoms with Gasteiger partial charge in [0.1, 0.15) is 11.4 Å². The van der Waals surface area contributed by atoms with Gasteiger partial charge < -0.3 is 20.6 Å². The summed E-state index contributed by atoms with van der Waals surface area (Å²) >= 11 is 0. The maximum atomic E-state index is 14.4. The molecule has 2 rings (SSSR count). The van der Waals surface area contributed by atoms with Gasteiger partial charge in [-0.15, -0.1) is 0 Å². The summed E-state index contributed by atoms with van der Waals surface area (Å²) in [6.45, 7) is 1.67. The average Bonchev–Trinajstić information content (AvgIpc) is 2.50. The summed E-state index contributed by atoms with van der Waals surface area (Å²) < 4.78 is 20.3. The zero-order valence-electron chi connectivity index (χ0n) is 13.9. The lowest BCUT2D eigenvalue weighted by molar-refractivity contribution is -0.134. The Balaban J connectivity index is 2.35. The van der Waals surface area contributed by atoms with Crippen LogP contribution in [0.1, 0.15) is 43.5 Å². The number of hydrogen-bond acceptors (Lipinski definition) is 6. The number of carbonyl (C=O) groups is 1. The highest BCUT2D eigenvalue weighted by Crippen LogP contribution is 2.28. The van der Waals surface area contributed by atoms with Crippen LogP contribution < -0.4 is 16.3 Å². The van der Waals surface area contributed by atoms with E-state index < -0.39 is 17.5 Å². The van der Waals surface area contributed by atoms with Gasteiger partial charge in [0.25, 0.3) is 0 Å². The minimum atomic E-state index is -1.36. The molecule has 1 saturated carbocycles. The van der Waals surface area contributed by atoms with E-state index in [1.54, 1.807) is 6.92 Å². The molecule has 0 bridgehead atoms. The Labute approximate surface area is 140 Å². The molecule has 1 fully saturated rings. The number of aryl methyl sites for hydroxylation is 1. The topological polar surface area (TPSA) is 115 Å². The second-order valence-electron chi connectivity index (χ2n) is 5.96. The summed E-state index contributed by atoms with van der Waals surface area (Å²) in [5.41, 5.74) is 5.21. The van der Waals surface area contributed by atoms with Crippen molar-refractivity contribution in [2.24, 2.45) is 11.6 Å². The Bertz CT molecular complexity index is 655. The summed E-state index contributed by atoms with van der Waals surface area (Å²) in [5.74, 6) is 3.70. The number of carboxylic acids is 1. The van der Waals surface area contributed by atoms with Crippen LogP contribution in [0.5, 0.6) is 5.75 Å². The number of hydrazine groups is 1. The van der Waals surface area contributed by atoms with Crippen molar-refractivity contribution in [3.8, 4) is 5.75 Å². The van der Waals surface area contributed by atoms with Crippen molar-refractivity contribution in [1.29, 1.82) is 0 Å². The number of carboxylic acid groups (broad SMARTS) is 1. The van der Waals surface area contributed by atoms with Crippen molar-refractivity contribution in [3.05, 3.63) is 29.0 Å².